The highest BCUT2D eigenvalue weighted by Gasteiger charge is 2.38. The van der Waals surface area contributed by atoms with Gasteiger partial charge in [0, 0.05) is 24.7 Å². The number of rotatable bonds is 10. The lowest BCUT2D eigenvalue weighted by molar-refractivity contribution is -0.128. The molecule has 0 N–H and O–H groups in total. The fraction of sp³-hybridized carbons (Fsp3) is 0.389. The Labute approximate surface area is 280 Å². The Bertz CT molecular complexity index is 1630. The van der Waals surface area contributed by atoms with Gasteiger partial charge in [0.1, 0.15) is 18.0 Å². The fourth-order valence-electron chi connectivity index (χ4n) is 5.45. The van der Waals surface area contributed by atoms with Crippen LogP contribution in [0.5, 0.6) is 17.2 Å². The average Bonchev–Trinajstić information content (AvgIpc) is 3.88. The third-order valence-corrected chi connectivity index (χ3v) is 8.77. The lowest BCUT2D eigenvalue weighted by Gasteiger charge is -2.34. The van der Waals surface area contributed by atoms with E-state index in [4.69, 9.17) is 42.1 Å². The van der Waals surface area contributed by atoms with Gasteiger partial charge < -0.3 is 28.7 Å². The molecule has 1 heterocycles. The summed E-state index contributed by atoms with van der Waals surface area (Å²) in [5, 5.41) is 0.885. The van der Waals surface area contributed by atoms with Gasteiger partial charge in [0.05, 0.1) is 30.8 Å². The van der Waals surface area contributed by atoms with Gasteiger partial charge in [0.15, 0.2) is 11.5 Å². The molecule has 3 aromatic rings. The number of ether oxygens (including phenoxy) is 4. The van der Waals surface area contributed by atoms with E-state index in [9.17, 15) is 9.59 Å². The monoisotopic (exact) mass is 666 g/mol. The predicted molar refractivity (Wildman–Crippen MR) is 180 cm³/mol. The maximum Gasteiger partial charge on any atom is 0.410 e. The average molecular weight is 668 g/mol. The quantitative estimate of drug-likeness (QED) is 0.217. The summed E-state index contributed by atoms with van der Waals surface area (Å²) in [6.07, 6.45) is 1.85. The molecular weight excluding hydrogens is 627 g/mol. The topological polar surface area (TPSA) is 77.5 Å². The summed E-state index contributed by atoms with van der Waals surface area (Å²) in [7, 11) is 3.20. The molecule has 0 radical (unpaired) electrons. The van der Waals surface area contributed by atoms with Crippen LogP contribution in [0.2, 0.25) is 10.0 Å². The first-order chi connectivity index (χ1) is 22.0. The molecule has 2 amide bonds. The highest BCUT2D eigenvalue weighted by atomic mass is 35.5. The molecule has 46 heavy (non-hydrogen) atoms. The summed E-state index contributed by atoms with van der Waals surface area (Å²) in [5.74, 6) is 1.80. The third-order valence-electron chi connectivity index (χ3n) is 7.91. The second kappa shape index (κ2) is 14.3. The van der Waals surface area contributed by atoms with Crippen LogP contribution in [0.4, 0.5) is 4.79 Å². The molecule has 1 aliphatic heterocycles. The molecule has 1 aliphatic carbocycles. The number of carbonyl (C=O) groups excluding carboxylic acids is 2. The SMILES string of the molecule is COc1ccc(COc2cccc(C3=C(C(=O)N(Cc4cccc(Cl)c4Cl)C4CC4)CN(C(=O)OC(C)(C)C)CC3)c2)cc1OC. The van der Waals surface area contributed by atoms with Crippen LogP contribution in [0.15, 0.2) is 66.2 Å². The minimum atomic E-state index is -0.659. The van der Waals surface area contributed by atoms with Gasteiger partial charge in [-0.2, -0.15) is 0 Å². The normalized spacial score (nSPS) is 15.0. The summed E-state index contributed by atoms with van der Waals surface area (Å²) in [4.78, 5) is 31.1. The van der Waals surface area contributed by atoms with E-state index >= 15 is 0 Å². The number of methoxy groups -OCH3 is 2. The molecule has 244 valence electrons. The van der Waals surface area contributed by atoms with Crippen molar-refractivity contribution in [2.24, 2.45) is 0 Å². The van der Waals surface area contributed by atoms with E-state index in [1.807, 2.05) is 80.3 Å². The highest BCUT2D eigenvalue weighted by Crippen LogP contribution is 2.37. The van der Waals surface area contributed by atoms with Crippen LogP contribution >= 0.6 is 23.2 Å². The highest BCUT2D eigenvalue weighted by molar-refractivity contribution is 6.42. The lowest BCUT2D eigenvalue weighted by atomic mass is 9.92. The zero-order valence-corrected chi connectivity index (χ0v) is 28.4. The Morgan fingerprint density at radius 1 is 0.957 bits per heavy atom. The molecule has 8 nitrogen and oxygen atoms in total. The van der Waals surface area contributed by atoms with E-state index in [1.165, 1.54) is 0 Å². The Morgan fingerprint density at radius 3 is 2.39 bits per heavy atom. The van der Waals surface area contributed by atoms with Crippen LogP contribution in [-0.4, -0.2) is 60.8 Å². The van der Waals surface area contributed by atoms with Crippen molar-refractivity contribution in [3.05, 3.63) is 93.0 Å². The first-order valence-corrected chi connectivity index (χ1v) is 16.1. The zero-order chi connectivity index (χ0) is 33.0. The molecule has 1 saturated carbocycles. The van der Waals surface area contributed by atoms with Crippen LogP contribution in [-0.2, 0) is 22.7 Å². The minimum absolute atomic E-state index is 0.0874. The van der Waals surface area contributed by atoms with Crippen LogP contribution in [0.25, 0.3) is 5.57 Å². The van der Waals surface area contributed by atoms with E-state index in [2.05, 4.69) is 0 Å². The Morgan fingerprint density at radius 2 is 1.70 bits per heavy atom. The summed E-state index contributed by atoms with van der Waals surface area (Å²) in [5.41, 5.74) is 3.34. The van der Waals surface area contributed by atoms with Gasteiger partial charge in [-0.25, -0.2) is 4.79 Å². The summed E-state index contributed by atoms with van der Waals surface area (Å²) >= 11 is 12.9. The van der Waals surface area contributed by atoms with Gasteiger partial charge in [-0.1, -0.05) is 53.5 Å². The number of hydrogen-bond acceptors (Lipinski definition) is 6. The van der Waals surface area contributed by atoms with Gasteiger partial charge >= 0.3 is 6.09 Å². The van der Waals surface area contributed by atoms with E-state index in [0.29, 0.717) is 59.0 Å². The summed E-state index contributed by atoms with van der Waals surface area (Å²) in [6, 6.07) is 18.9. The molecule has 2 aliphatic rings. The molecule has 3 aromatic carbocycles. The van der Waals surface area contributed by atoms with Crippen LogP contribution < -0.4 is 14.2 Å². The Hall–Kier alpha value is -3.88. The molecule has 0 atom stereocenters. The van der Waals surface area contributed by atoms with Gasteiger partial charge in [-0.05, 0) is 92.6 Å². The molecule has 5 rings (SSSR count). The van der Waals surface area contributed by atoms with Crippen molar-refractivity contribution in [3.8, 4) is 17.2 Å². The predicted octanol–water partition coefficient (Wildman–Crippen LogP) is 8.18. The second-order valence-corrected chi connectivity index (χ2v) is 13.3. The molecule has 0 unspecified atom stereocenters. The van der Waals surface area contributed by atoms with Crippen molar-refractivity contribution in [1.82, 2.24) is 9.80 Å². The first-order valence-electron chi connectivity index (χ1n) is 15.4. The number of benzene rings is 3. The molecule has 0 saturated heterocycles. The third kappa shape index (κ3) is 8.09. The molecular formula is C36H40Cl2N2O6. The summed E-state index contributed by atoms with van der Waals surface area (Å²) in [6.45, 7) is 6.68. The van der Waals surface area contributed by atoms with Crippen LogP contribution in [0.1, 0.15) is 56.7 Å². The maximum absolute atomic E-state index is 14.5. The van der Waals surface area contributed by atoms with Gasteiger partial charge in [-0.15, -0.1) is 0 Å². The van der Waals surface area contributed by atoms with Gasteiger partial charge in [0.2, 0.25) is 0 Å². The smallest absolute Gasteiger partial charge is 0.410 e. The standard InChI is InChI=1S/C36H40Cl2N2O6/c1-36(2,3)46-35(42)39-17-16-28(24-8-6-10-27(19-24)45-22-23-12-15-31(43-4)32(18-23)44-5)29(21-39)34(41)40(26-13-14-26)20-25-9-7-11-30(37)33(25)38/h6-12,15,18-19,26H,13-14,16-17,20-22H2,1-5H3. The number of nitrogens with zero attached hydrogens (tertiary/aromatic N) is 2. The second-order valence-electron chi connectivity index (χ2n) is 12.5. The number of amides is 2. The van der Waals surface area contributed by atoms with Crippen LogP contribution in [0.3, 0.4) is 0 Å². The van der Waals surface area contributed by atoms with Crippen molar-refractivity contribution in [2.75, 3.05) is 27.3 Å². The van der Waals surface area contributed by atoms with Crippen molar-refractivity contribution in [1.29, 1.82) is 0 Å². The van der Waals surface area contributed by atoms with E-state index < -0.39 is 11.7 Å². The Kier molecular flexibility index (Phi) is 10.4. The molecule has 0 bridgehead atoms. The fourth-order valence-corrected chi connectivity index (χ4v) is 5.83. The molecule has 10 heteroatoms. The largest absolute Gasteiger partial charge is 0.493 e. The molecule has 0 aromatic heterocycles. The van der Waals surface area contributed by atoms with E-state index in [0.717, 1.165) is 35.1 Å². The van der Waals surface area contributed by atoms with Crippen LogP contribution in [0, 0.1) is 0 Å². The van der Waals surface area contributed by atoms with Crippen molar-refractivity contribution in [2.45, 2.75) is 64.8 Å². The number of halogens is 2. The first kappa shape index (κ1) is 33.5. The van der Waals surface area contributed by atoms with Crippen molar-refractivity contribution < 1.29 is 28.5 Å². The number of carbonyl (C=O) groups is 2. The van der Waals surface area contributed by atoms with E-state index in [-0.39, 0.29) is 18.5 Å². The van der Waals surface area contributed by atoms with Crippen molar-refractivity contribution >= 4 is 40.8 Å². The van der Waals surface area contributed by atoms with Gasteiger partial charge in [-0.3, -0.25) is 4.79 Å². The maximum atomic E-state index is 14.5. The van der Waals surface area contributed by atoms with Crippen molar-refractivity contribution in [3.63, 3.8) is 0 Å². The molecule has 0 spiro atoms. The minimum Gasteiger partial charge on any atom is -0.493 e. The zero-order valence-electron chi connectivity index (χ0n) is 26.9. The van der Waals surface area contributed by atoms with Gasteiger partial charge in [0.25, 0.3) is 5.91 Å². The summed E-state index contributed by atoms with van der Waals surface area (Å²) < 4.78 is 22.6. The lowest BCUT2D eigenvalue weighted by Crippen LogP contribution is -2.44. The van der Waals surface area contributed by atoms with E-state index in [1.54, 1.807) is 25.2 Å². The molecule has 1 fully saturated rings. The Balaban J connectivity index is 1.45. The number of hydrogen-bond donors (Lipinski definition) is 0.